The van der Waals surface area contributed by atoms with E-state index in [1.54, 1.807) is 13.1 Å². The first-order valence-electron chi connectivity index (χ1n) is 5.98. The van der Waals surface area contributed by atoms with Gasteiger partial charge in [0.25, 0.3) is 11.9 Å². The molecule has 0 aliphatic heterocycles. The summed E-state index contributed by atoms with van der Waals surface area (Å²) < 4.78 is 0. The van der Waals surface area contributed by atoms with Crippen LogP contribution in [0.1, 0.15) is 15.9 Å². The fourth-order valence-corrected chi connectivity index (χ4v) is 1.72. The lowest BCUT2D eigenvalue weighted by Crippen LogP contribution is -2.18. The second kappa shape index (κ2) is 6.05. The van der Waals surface area contributed by atoms with Crippen LogP contribution in [0.25, 0.3) is 0 Å². The molecule has 1 aromatic heterocycles. The molecule has 100 valence electrons. The van der Waals surface area contributed by atoms with E-state index in [-0.39, 0.29) is 11.9 Å². The van der Waals surface area contributed by atoms with Crippen LogP contribution >= 0.6 is 0 Å². The first-order valence-corrected chi connectivity index (χ1v) is 5.98. The number of tetrazole rings is 1. The molecule has 1 amide bonds. The summed E-state index contributed by atoms with van der Waals surface area (Å²) in [6.07, 6.45) is 0.786. The Morgan fingerprint density at radius 1 is 1.37 bits per heavy atom. The van der Waals surface area contributed by atoms with Crippen LogP contribution in [0.4, 0.5) is 5.95 Å². The van der Waals surface area contributed by atoms with E-state index in [4.69, 9.17) is 0 Å². The van der Waals surface area contributed by atoms with Crippen molar-refractivity contribution < 1.29 is 4.79 Å². The van der Waals surface area contributed by atoms with Crippen LogP contribution in [0.5, 0.6) is 0 Å². The van der Waals surface area contributed by atoms with E-state index in [1.807, 2.05) is 25.2 Å². The SMILES string of the molecule is CNCCc1ccccc1C(=O)Nc1nnn(C)n1. The molecule has 0 saturated carbocycles. The third kappa shape index (κ3) is 3.35. The van der Waals surface area contributed by atoms with Crippen molar-refractivity contribution in [3.05, 3.63) is 35.4 Å². The third-order valence-electron chi connectivity index (χ3n) is 2.64. The van der Waals surface area contributed by atoms with Crippen LogP contribution in [0.15, 0.2) is 24.3 Å². The standard InChI is InChI=1S/C12H16N6O/c1-13-8-7-9-5-3-4-6-10(9)11(19)14-12-15-17-18(2)16-12/h3-6,13H,7-8H2,1-2H3,(H,14,16,19). The molecule has 7 heteroatoms. The van der Waals surface area contributed by atoms with Gasteiger partial charge in [0.2, 0.25) is 0 Å². The second-order valence-corrected chi connectivity index (χ2v) is 4.07. The highest BCUT2D eigenvalue weighted by Crippen LogP contribution is 2.11. The molecule has 2 aromatic rings. The highest BCUT2D eigenvalue weighted by atomic mass is 16.1. The third-order valence-corrected chi connectivity index (χ3v) is 2.64. The Kier molecular flexibility index (Phi) is 4.19. The largest absolute Gasteiger partial charge is 0.319 e. The number of carbonyl (C=O) groups excluding carboxylic acids is 1. The molecular weight excluding hydrogens is 244 g/mol. The summed E-state index contributed by atoms with van der Waals surface area (Å²) in [6.45, 7) is 0.813. The maximum absolute atomic E-state index is 12.2. The smallest absolute Gasteiger partial charge is 0.270 e. The van der Waals surface area contributed by atoms with E-state index in [0.717, 1.165) is 18.5 Å². The van der Waals surface area contributed by atoms with Crippen molar-refractivity contribution in [3.8, 4) is 0 Å². The Morgan fingerprint density at radius 2 is 2.16 bits per heavy atom. The van der Waals surface area contributed by atoms with E-state index >= 15 is 0 Å². The van der Waals surface area contributed by atoms with Crippen molar-refractivity contribution in [3.63, 3.8) is 0 Å². The van der Waals surface area contributed by atoms with Crippen LogP contribution < -0.4 is 10.6 Å². The molecule has 7 nitrogen and oxygen atoms in total. The monoisotopic (exact) mass is 260 g/mol. The maximum Gasteiger partial charge on any atom is 0.270 e. The van der Waals surface area contributed by atoms with Gasteiger partial charge >= 0.3 is 0 Å². The first kappa shape index (κ1) is 13.2. The zero-order chi connectivity index (χ0) is 13.7. The molecule has 0 aliphatic carbocycles. The molecule has 2 N–H and O–H groups in total. The fraction of sp³-hybridized carbons (Fsp3) is 0.333. The molecule has 0 bridgehead atoms. The van der Waals surface area contributed by atoms with Crippen molar-refractivity contribution >= 4 is 11.9 Å². The lowest BCUT2D eigenvalue weighted by molar-refractivity contribution is 0.102. The second-order valence-electron chi connectivity index (χ2n) is 4.07. The molecule has 1 aromatic carbocycles. The van der Waals surface area contributed by atoms with E-state index < -0.39 is 0 Å². The summed E-state index contributed by atoms with van der Waals surface area (Å²) in [5, 5.41) is 17.0. The fourth-order valence-electron chi connectivity index (χ4n) is 1.72. The van der Waals surface area contributed by atoms with Gasteiger partial charge in [-0.15, -0.1) is 5.10 Å². The summed E-state index contributed by atoms with van der Waals surface area (Å²) >= 11 is 0. The van der Waals surface area contributed by atoms with Gasteiger partial charge in [0.15, 0.2) is 0 Å². The molecule has 2 rings (SSSR count). The van der Waals surface area contributed by atoms with Crippen molar-refractivity contribution in [2.75, 3.05) is 18.9 Å². The van der Waals surface area contributed by atoms with Crippen LogP contribution in [0, 0.1) is 0 Å². The van der Waals surface area contributed by atoms with Gasteiger partial charge in [-0.25, -0.2) is 0 Å². The Bertz CT molecular complexity index is 565. The number of anilines is 1. The zero-order valence-corrected chi connectivity index (χ0v) is 10.9. The molecule has 0 saturated heterocycles. The quantitative estimate of drug-likeness (QED) is 0.803. The van der Waals surface area contributed by atoms with E-state index in [2.05, 4.69) is 26.0 Å². The number of likely N-dealkylation sites (N-methyl/N-ethyl adjacent to an activating group) is 1. The highest BCUT2D eigenvalue weighted by Gasteiger charge is 2.12. The zero-order valence-electron chi connectivity index (χ0n) is 10.9. The Labute approximate surface area is 111 Å². The van der Waals surface area contributed by atoms with Crippen molar-refractivity contribution in [1.29, 1.82) is 0 Å². The predicted molar refractivity (Wildman–Crippen MR) is 70.8 cm³/mol. The average molecular weight is 260 g/mol. The lowest BCUT2D eigenvalue weighted by Gasteiger charge is -2.08. The van der Waals surface area contributed by atoms with Gasteiger partial charge in [-0.1, -0.05) is 23.3 Å². The van der Waals surface area contributed by atoms with Crippen LogP contribution in [-0.2, 0) is 13.5 Å². The molecule has 19 heavy (non-hydrogen) atoms. The van der Waals surface area contributed by atoms with Gasteiger partial charge in [-0.05, 0) is 36.9 Å². The van der Waals surface area contributed by atoms with Crippen molar-refractivity contribution in [2.45, 2.75) is 6.42 Å². The number of amides is 1. The minimum atomic E-state index is -0.222. The molecule has 0 radical (unpaired) electrons. The van der Waals surface area contributed by atoms with Crippen molar-refractivity contribution in [2.24, 2.45) is 7.05 Å². The Hall–Kier alpha value is -2.28. The molecule has 1 heterocycles. The number of aryl methyl sites for hydroxylation is 1. The van der Waals surface area contributed by atoms with Crippen LogP contribution in [-0.4, -0.2) is 39.7 Å². The highest BCUT2D eigenvalue weighted by molar-refractivity contribution is 6.04. The number of aromatic nitrogens is 4. The van der Waals surface area contributed by atoms with Crippen LogP contribution in [0.3, 0.4) is 0 Å². The molecule has 0 atom stereocenters. The predicted octanol–water partition coefficient (Wildman–Crippen LogP) is 0.224. The summed E-state index contributed by atoms with van der Waals surface area (Å²) in [6, 6.07) is 7.48. The molecule has 0 fully saturated rings. The van der Waals surface area contributed by atoms with Gasteiger partial charge in [-0.2, -0.15) is 4.80 Å². The number of nitrogens with one attached hydrogen (secondary N) is 2. The van der Waals surface area contributed by atoms with Crippen LogP contribution in [0.2, 0.25) is 0 Å². The number of nitrogens with zero attached hydrogens (tertiary/aromatic N) is 4. The number of carbonyl (C=O) groups is 1. The van der Waals surface area contributed by atoms with E-state index in [1.165, 1.54) is 4.80 Å². The Morgan fingerprint density at radius 3 is 2.84 bits per heavy atom. The maximum atomic E-state index is 12.2. The van der Waals surface area contributed by atoms with Gasteiger partial charge in [0, 0.05) is 5.56 Å². The summed E-state index contributed by atoms with van der Waals surface area (Å²) in [5.41, 5.74) is 1.61. The minimum absolute atomic E-state index is 0.205. The van der Waals surface area contributed by atoms with E-state index in [9.17, 15) is 4.79 Å². The molecule has 0 unspecified atom stereocenters. The normalized spacial score (nSPS) is 10.4. The number of benzene rings is 1. The van der Waals surface area contributed by atoms with E-state index in [0.29, 0.717) is 5.56 Å². The lowest BCUT2D eigenvalue weighted by atomic mass is 10.0. The molecule has 0 aliphatic rings. The number of hydrogen-bond donors (Lipinski definition) is 2. The van der Waals surface area contributed by atoms with Gasteiger partial charge < -0.3 is 5.32 Å². The Balaban J connectivity index is 2.14. The molecular formula is C12H16N6O. The first-order chi connectivity index (χ1) is 9.20. The number of rotatable bonds is 5. The van der Waals surface area contributed by atoms with Gasteiger partial charge in [0.1, 0.15) is 0 Å². The summed E-state index contributed by atoms with van der Waals surface area (Å²) in [7, 11) is 3.52. The topological polar surface area (TPSA) is 84.7 Å². The summed E-state index contributed by atoms with van der Waals surface area (Å²) in [4.78, 5) is 13.5. The molecule has 0 spiro atoms. The number of hydrogen-bond acceptors (Lipinski definition) is 5. The van der Waals surface area contributed by atoms with Crippen molar-refractivity contribution in [1.82, 2.24) is 25.5 Å². The average Bonchev–Trinajstić information content (AvgIpc) is 2.82. The summed E-state index contributed by atoms with van der Waals surface area (Å²) in [5.74, 6) is -0.0179. The van der Waals surface area contributed by atoms with Gasteiger partial charge in [0.05, 0.1) is 7.05 Å². The minimum Gasteiger partial charge on any atom is -0.319 e. The van der Waals surface area contributed by atoms with Gasteiger partial charge in [-0.3, -0.25) is 10.1 Å².